The normalized spacial score (nSPS) is 18.5. The molecule has 4 nitrogen and oxygen atoms in total. The molecular formula is C27H21F9O4S. The third-order valence-electron chi connectivity index (χ3n) is 6.91. The van der Waals surface area contributed by atoms with Crippen molar-refractivity contribution in [3.05, 3.63) is 95.1 Å². The van der Waals surface area contributed by atoms with Crippen LogP contribution in [0, 0.1) is 0 Å². The van der Waals surface area contributed by atoms with Gasteiger partial charge >= 0.3 is 33.4 Å². The van der Waals surface area contributed by atoms with E-state index >= 15 is 0 Å². The van der Waals surface area contributed by atoms with Gasteiger partial charge in [0.1, 0.15) is 11.5 Å². The lowest BCUT2D eigenvalue weighted by Gasteiger charge is -2.35. The predicted molar refractivity (Wildman–Crippen MR) is 129 cm³/mol. The smallest absolute Gasteiger partial charge is 0.460 e. The van der Waals surface area contributed by atoms with E-state index in [1.54, 1.807) is 6.07 Å². The zero-order chi connectivity index (χ0) is 30.4. The standard InChI is InChI=1S/C27H21F9O4S/c1-39-20-12-14-22-18(15-20)9-13-21(16-5-3-2-4-6-16)23(22)17-7-10-19(11-8-17)40-41(37,38)27(35,36)25(30,31)24(28,29)26(32,33)34/h2-8,10-12,14-15,21,23H,9,13H2,1H3/t21-,23+/m1/s1. The molecule has 0 saturated carbocycles. The summed E-state index contributed by atoms with van der Waals surface area (Å²) >= 11 is 0. The topological polar surface area (TPSA) is 52.6 Å². The van der Waals surface area contributed by atoms with E-state index in [2.05, 4.69) is 4.18 Å². The van der Waals surface area contributed by atoms with Crippen molar-refractivity contribution in [1.29, 1.82) is 0 Å². The number of rotatable bonds is 8. The van der Waals surface area contributed by atoms with Crippen LogP contribution in [0.4, 0.5) is 39.5 Å². The van der Waals surface area contributed by atoms with Crippen LogP contribution in [0.3, 0.4) is 0 Å². The molecule has 0 N–H and O–H groups in total. The fourth-order valence-corrected chi connectivity index (χ4v) is 5.73. The van der Waals surface area contributed by atoms with Crippen LogP contribution in [0.1, 0.15) is 40.5 Å². The first-order valence-corrected chi connectivity index (χ1v) is 13.3. The van der Waals surface area contributed by atoms with Crippen LogP contribution in [-0.4, -0.2) is 38.8 Å². The number of benzene rings is 3. The van der Waals surface area contributed by atoms with Crippen molar-refractivity contribution in [1.82, 2.24) is 0 Å². The van der Waals surface area contributed by atoms with Gasteiger partial charge in [-0.25, -0.2) is 0 Å². The van der Waals surface area contributed by atoms with E-state index in [0.717, 1.165) is 28.8 Å². The van der Waals surface area contributed by atoms with Crippen molar-refractivity contribution in [3.8, 4) is 11.5 Å². The summed E-state index contributed by atoms with van der Waals surface area (Å²) in [7, 11) is -5.53. The molecule has 0 heterocycles. The molecule has 0 amide bonds. The number of halogens is 9. The van der Waals surface area contributed by atoms with Crippen LogP contribution in [-0.2, 0) is 16.5 Å². The number of ether oxygens (including phenoxy) is 1. The van der Waals surface area contributed by atoms with Crippen molar-refractivity contribution in [2.24, 2.45) is 0 Å². The van der Waals surface area contributed by atoms with Crippen LogP contribution < -0.4 is 8.92 Å². The number of methoxy groups -OCH3 is 1. The minimum atomic E-state index is -7.38. The van der Waals surface area contributed by atoms with Gasteiger partial charge in [-0.2, -0.15) is 47.9 Å². The van der Waals surface area contributed by atoms with E-state index in [1.165, 1.54) is 19.2 Å². The van der Waals surface area contributed by atoms with Crippen LogP contribution in [0.15, 0.2) is 72.8 Å². The summed E-state index contributed by atoms with van der Waals surface area (Å²) in [6, 6.07) is 19.0. The van der Waals surface area contributed by atoms with Crippen molar-refractivity contribution in [3.63, 3.8) is 0 Å². The molecule has 1 aliphatic rings. The SMILES string of the molecule is COc1ccc2c(c1)CC[C@H](c1ccccc1)[C@@H]2c1ccc(OS(=O)(=O)C(F)(F)C(F)(F)C(F)(F)C(F)(F)F)cc1. The number of alkyl halides is 9. The Morgan fingerprint density at radius 1 is 0.732 bits per heavy atom. The summed E-state index contributed by atoms with van der Waals surface area (Å²) in [4.78, 5) is 0. The first-order valence-electron chi connectivity index (χ1n) is 11.9. The largest absolute Gasteiger partial charge is 0.497 e. The van der Waals surface area contributed by atoms with Crippen LogP contribution >= 0.6 is 0 Å². The summed E-state index contributed by atoms with van der Waals surface area (Å²) in [5, 5.41) is -6.95. The molecule has 14 heteroatoms. The molecule has 0 fully saturated rings. The molecule has 0 aliphatic heterocycles. The molecule has 0 unspecified atom stereocenters. The minimum absolute atomic E-state index is 0.0970. The fraction of sp³-hybridized carbons (Fsp3) is 0.333. The maximum absolute atomic E-state index is 14.1. The maximum atomic E-state index is 14.1. The monoisotopic (exact) mass is 612 g/mol. The number of fused-ring (bicyclic) bond motifs is 1. The zero-order valence-corrected chi connectivity index (χ0v) is 21.8. The summed E-state index contributed by atoms with van der Waals surface area (Å²) < 4.78 is 152. The number of hydrogen-bond acceptors (Lipinski definition) is 4. The highest BCUT2D eigenvalue weighted by atomic mass is 32.2. The molecular weight excluding hydrogens is 591 g/mol. The second kappa shape index (κ2) is 10.4. The van der Waals surface area contributed by atoms with Crippen LogP contribution in [0.25, 0.3) is 0 Å². The Balaban J connectivity index is 1.68. The number of aryl methyl sites for hydroxylation is 1. The van der Waals surface area contributed by atoms with Gasteiger partial charge < -0.3 is 8.92 Å². The van der Waals surface area contributed by atoms with Gasteiger partial charge in [-0.1, -0.05) is 48.5 Å². The number of hydrogen-bond donors (Lipinski definition) is 0. The van der Waals surface area contributed by atoms with Crippen LogP contribution in [0.5, 0.6) is 11.5 Å². The second-order valence-electron chi connectivity index (χ2n) is 9.37. The third-order valence-corrected chi connectivity index (χ3v) is 8.21. The molecule has 1 aliphatic carbocycles. The summed E-state index contributed by atoms with van der Waals surface area (Å²) in [5.74, 6) is -15.6. The lowest BCUT2D eigenvalue weighted by atomic mass is 9.69. The van der Waals surface area contributed by atoms with Gasteiger partial charge in [0, 0.05) is 5.92 Å². The Labute approximate surface area is 228 Å². The Morgan fingerprint density at radius 2 is 1.32 bits per heavy atom. The maximum Gasteiger partial charge on any atom is 0.460 e. The molecule has 0 radical (unpaired) electrons. The van der Waals surface area contributed by atoms with E-state index in [9.17, 15) is 47.9 Å². The Kier molecular flexibility index (Phi) is 7.78. The highest BCUT2D eigenvalue weighted by Crippen LogP contribution is 2.55. The fourth-order valence-electron chi connectivity index (χ4n) is 4.82. The highest BCUT2D eigenvalue weighted by molar-refractivity contribution is 7.88. The van der Waals surface area contributed by atoms with E-state index in [4.69, 9.17) is 4.74 Å². The summed E-state index contributed by atoms with van der Waals surface area (Å²) in [5.41, 5.74) is 3.34. The second-order valence-corrected chi connectivity index (χ2v) is 11.0. The van der Waals surface area contributed by atoms with Crippen molar-refractivity contribution in [2.45, 2.75) is 48.0 Å². The average Bonchev–Trinajstić information content (AvgIpc) is 2.92. The zero-order valence-electron chi connectivity index (χ0n) is 20.9. The lowest BCUT2D eigenvalue weighted by Crippen LogP contribution is -2.63. The molecule has 222 valence electrons. The third kappa shape index (κ3) is 5.22. The molecule has 3 aromatic rings. The summed E-state index contributed by atoms with van der Waals surface area (Å²) in [6.07, 6.45) is -5.81. The van der Waals surface area contributed by atoms with Gasteiger partial charge in [0.15, 0.2) is 0 Å². The van der Waals surface area contributed by atoms with Gasteiger partial charge in [-0.05, 0) is 65.3 Å². The predicted octanol–water partition coefficient (Wildman–Crippen LogP) is 7.69. The molecule has 41 heavy (non-hydrogen) atoms. The van der Waals surface area contributed by atoms with Gasteiger partial charge in [-0.15, -0.1) is 0 Å². The van der Waals surface area contributed by atoms with Crippen molar-refractivity contribution < 1.29 is 56.9 Å². The van der Waals surface area contributed by atoms with Gasteiger partial charge in [0.2, 0.25) is 0 Å². The molecule has 0 bridgehead atoms. The van der Waals surface area contributed by atoms with Crippen LogP contribution in [0.2, 0.25) is 0 Å². The van der Waals surface area contributed by atoms with Gasteiger partial charge in [0.05, 0.1) is 7.11 Å². The van der Waals surface area contributed by atoms with Crippen molar-refractivity contribution in [2.75, 3.05) is 7.11 Å². The quantitative estimate of drug-likeness (QED) is 0.193. The summed E-state index contributed by atoms with van der Waals surface area (Å²) in [6.45, 7) is 0. The average molecular weight is 613 g/mol. The highest BCUT2D eigenvalue weighted by Gasteiger charge is 2.86. The van der Waals surface area contributed by atoms with Gasteiger partial charge in [0.25, 0.3) is 0 Å². The van der Waals surface area contributed by atoms with Crippen molar-refractivity contribution >= 4 is 10.1 Å². The molecule has 0 aromatic heterocycles. The van der Waals surface area contributed by atoms with E-state index in [-0.39, 0.29) is 11.8 Å². The molecule has 0 spiro atoms. The molecule has 4 rings (SSSR count). The molecule has 3 aromatic carbocycles. The molecule has 2 atom stereocenters. The Bertz CT molecular complexity index is 1490. The lowest BCUT2D eigenvalue weighted by molar-refractivity contribution is -0.382. The first-order chi connectivity index (χ1) is 18.9. The first kappa shape index (κ1) is 30.5. The van der Waals surface area contributed by atoms with E-state index in [1.807, 2.05) is 42.5 Å². The molecule has 0 saturated heterocycles. The minimum Gasteiger partial charge on any atom is -0.497 e. The van der Waals surface area contributed by atoms with E-state index < -0.39 is 39.1 Å². The van der Waals surface area contributed by atoms with Gasteiger partial charge in [-0.3, -0.25) is 0 Å². The Hall–Kier alpha value is -3.42. The Morgan fingerprint density at radius 3 is 1.88 bits per heavy atom. The van der Waals surface area contributed by atoms with E-state index in [0.29, 0.717) is 24.2 Å².